The van der Waals surface area contributed by atoms with Gasteiger partial charge in [0.1, 0.15) is 0 Å². The van der Waals surface area contributed by atoms with Crippen LogP contribution >= 0.6 is 0 Å². The second-order valence-electron chi connectivity index (χ2n) is 7.27. The molecule has 12 nitrogen and oxygen atoms in total. The van der Waals surface area contributed by atoms with Crippen molar-refractivity contribution in [1.29, 1.82) is 0 Å². The first-order chi connectivity index (χ1) is 15.5. The van der Waals surface area contributed by atoms with E-state index in [1.54, 1.807) is 19.2 Å². The zero-order valence-corrected chi connectivity index (χ0v) is 17.8. The van der Waals surface area contributed by atoms with Crippen LogP contribution < -0.4 is 20.7 Å². The highest BCUT2D eigenvalue weighted by atomic mass is 16.5. The van der Waals surface area contributed by atoms with E-state index in [1.165, 1.54) is 20.2 Å². The number of nitrogens with zero attached hydrogens (tertiary/aromatic N) is 5. The lowest BCUT2D eigenvalue weighted by Crippen LogP contribution is -2.22. The number of carbonyl (C=O) groups is 2. The molecule has 4 rings (SSSR count). The van der Waals surface area contributed by atoms with Crippen LogP contribution in [0, 0.1) is 12.8 Å². The Kier molecular flexibility index (Phi) is 5.92. The van der Waals surface area contributed by atoms with E-state index in [-0.39, 0.29) is 23.1 Å². The molecule has 0 spiro atoms. The third-order valence-electron chi connectivity index (χ3n) is 4.80. The quantitative estimate of drug-likeness (QED) is 0.475. The van der Waals surface area contributed by atoms with E-state index < -0.39 is 5.91 Å². The van der Waals surface area contributed by atoms with Gasteiger partial charge in [-0.15, -0.1) is 10.2 Å². The molecule has 0 aromatic carbocycles. The fourth-order valence-electron chi connectivity index (χ4n) is 3.07. The molecule has 3 heterocycles. The number of methoxy groups -OCH3 is 1. The van der Waals surface area contributed by atoms with Crippen LogP contribution in [0.1, 0.15) is 35.6 Å². The Balaban J connectivity index is 1.68. The molecule has 3 aromatic rings. The summed E-state index contributed by atoms with van der Waals surface area (Å²) < 4.78 is 10.6. The minimum atomic E-state index is -0.459. The maximum atomic E-state index is 12.3. The van der Waals surface area contributed by atoms with Crippen LogP contribution in [-0.4, -0.2) is 51.3 Å². The summed E-state index contributed by atoms with van der Waals surface area (Å²) in [6.45, 7) is 1.68. The van der Waals surface area contributed by atoms with Gasteiger partial charge in [-0.25, -0.2) is 4.98 Å². The Morgan fingerprint density at radius 2 is 2.09 bits per heavy atom. The summed E-state index contributed by atoms with van der Waals surface area (Å²) in [7, 11) is 2.96. The molecule has 0 radical (unpaired) electrons. The van der Waals surface area contributed by atoms with E-state index in [9.17, 15) is 9.59 Å². The highest BCUT2D eigenvalue weighted by Crippen LogP contribution is 2.36. The van der Waals surface area contributed by atoms with Crippen LogP contribution in [0.4, 0.5) is 17.3 Å². The Morgan fingerprint density at radius 3 is 2.75 bits per heavy atom. The monoisotopic (exact) mass is 438 g/mol. The average molecular weight is 438 g/mol. The molecular formula is C20H22N8O4. The predicted molar refractivity (Wildman–Crippen MR) is 113 cm³/mol. The molecule has 2 amide bonds. The van der Waals surface area contributed by atoms with Crippen LogP contribution in [0.3, 0.4) is 0 Å². The number of ether oxygens (including phenoxy) is 1. The topological polar surface area (TPSA) is 157 Å². The smallest absolute Gasteiger partial charge is 0.273 e. The van der Waals surface area contributed by atoms with Crippen LogP contribution in [0.5, 0.6) is 5.75 Å². The lowest BCUT2D eigenvalue weighted by Gasteiger charge is -2.15. The molecular weight excluding hydrogens is 416 g/mol. The SMILES string of the molecule is CNC(=O)c1nnc(NC(=O)CC2CC2)cc1Nc1nccc(-c2noc(C)n2)c1OC. The van der Waals surface area contributed by atoms with Gasteiger partial charge in [0.25, 0.3) is 5.91 Å². The number of carbonyl (C=O) groups excluding carboxylic acids is 2. The van der Waals surface area contributed by atoms with Gasteiger partial charge < -0.3 is 25.2 Å². The summed E-state index contributed by atoms with van der Waals surface area (Å²) in [4.78, 5) is 33.0. The summed E-state index contributed by atoms with van der Waals surface area (Å²) >= 11 is 0. The van der Waals surface area contributed by atoms with E-state index in [4.69, 9.17) is 9.26 Å². The van der Waals surface area contributed by atoms with Crippen molar-refractivity contribution < 1.29 is 18.8 Å². The van der Waals surface area contributed by atoms with Gasteiger partial charge in [-0.05, 0) is 24.8 Å². The van der Waals surface area contributed by atoms with Gasteiger partial charge in [-0.1, -0.05) is 5.16 Å². The molecule has 1 aliphatic rings. The fourth-order valence-corrected chi connectivity index (χ4v) is 3.07. The molecule has 0 saturated heterocycles. The normalized spacial score (nSPS) is 12.8. The zero-order valence-electron chi connectivity index (χ0n) is 17.8. The molecule has 12 heteroatoms. The van der Waals surface area contributed by atoms with E-state index in [1.807, 2.05) is 0 Å². The van der Waals surface area contributed by atoms with Crippen molar-refractivity contribution in [1.82, 2.24) is 30.6 Å². The standard InChI is InChI=1S/C20H22N8O4/c1-10-23-18(28-32-10)12-6-7-22-19(17(12)31-3)24-13-9-14(25-15(29)8-11-4-5-11)26-27-16(13)20(30)21-2/h6-7,9,11H,4-5,8H2,1-3H3,(H,21,30)(H2,22,24,25,26,29). The third kappa shape index (κ3) is 4.63. The highest BCUT2D eigenvalue weighted by molar-refractivity contribution is 5.99. The van der Waals surface area contributed by atoms with Crippen molar-refractivity contribution in [3.8, 4) is 17.1 Å². The summed E-state index contributed by atoms with van der Waals surface area (Å²) in [6, 6.07) is 3.21. The van der Waals surface area contributed by atoms with Crippen LogP contribution in [0.25, 0.3) is 11.4 Å². The molecule has 166 valence electrons. The number of anilines is 3. The van der Waals surface area contributed by atoms with Gasteiger partial charge in [0.15, 0.2) is 23.1 Å². The number of pyridine rings is 1. The van der Waals surface area contributed by atoms with Crippen LogP contribution in [-0.2, 0) is 4.79 Å². The Bertz CT molecular complexity index is 1160. The number of amides is 2. The molecule has 0 unspecified atom stereocenters. The largest absolute Gasteiger partial charge is 0.492 e. The number of nitrogens with one attached hydrogen (secondary N) is 3. The van der Waals surface area contributed by atoms with E-state index in [0.717, 1.165) is 12.8 Å². The van der Waals surface area contributed by atoms with Gasteiger partial charge >= 0.3 is 0 Å². The molecule has 0 bridgehead atoms. The van der Waals surface area contributed by atoms with Crippen molar-refractivity contribution in [2.75, 3.05) is 24.8 Å². The van der Waals surface area contributed by atoms with Gasteiger partial charge in [0.2, 0.25) is 17.6 Å². The third-order valence-corrected chi connectivity index (χ3v) is 4.80. The first-order valence-electron chi connectivity index (χ1n) is 9.98. The highest BCUT2D eigenvalue weighted by Gasteiger charge is 2.25. The molecule has 32 heavy (non-hydrogen) atoms. The summed E-state index contributed by atoms with van der Waals surface area (Å²) in [6.07, 6.45) is 4.09. The first kappa shape index (κ1) is 21.2. The summed E-state index contributed by atoms with van der Waals surface area (Å²) in [5.41, 5.74) is 0.856. The van der Waals surface area contributed by atoms with Gasteiger partial charge in [-0.2, -0.15) is 4.98 Å². The molecule has 0 atom stereocenters. The number of hydrogen-bond donors (Lipinski definition) is 3. The van der Waals surface area contributed by atoms with Crippen molar-refractivity contribution >= 4 is 29.1 Å². The molecule has 3 aromatic heterocycles. The zero-order chi connectivity index (χ0) is 22.7. The van der Waals surface area contributed by atoms with Gasteiger partial charge in [-0.3, -0.25) is 9.59 Å². The first-order valence-corrected chi connectivity index (χ1v) is 9.98. The fraction of sp³-hybridized carbons (Fsp3) is 0.350. The Morgan fingerprint density at radius 1 is 1.28 bits per heavy atom. The maximum absolute atomic E-state index is 12.3. The number of aromatic nitrogens is 5. The van der Waals surface area contributed by atoms with E-state index in [2.05, 4.69) is 41.3 Å². The van der Waals surface area contributed by atoms with Gasteiger partial charge in [0.05, 0.1) is 18.4 Å². The molecule has 3 N–H and O–H groups in total. The van der Waals surface area contributed by atoms with Gasteiger partial charge in [0, 0.05) is 32.7 Å². The molecule has 0 aliphatic heterocycles. The molecule has 1 aliphatic carbocycles. The average Bonchev–Trinajstić information content (AvgIpc) is 3.49. The van der Waals surface area contributed by atoms with Crippen molar-refractivity contribution in [2.24, 2.45) is 5.92 Å². The van der Waals surface area contributed by atoms with Crippen molar-refractivity contribution in [2.45, 2.75) is 26.2 Å². The summed E-state index contributed by atoms with van der Waals surface area (Å²) in [5, 5.41) is 20.2. The second-order valence-corrected chi connectivity index (χ2v) is 7.27. The predicted octanol–water partition coefficient (Wildman–Crippen LogP) is 2.08. The van der Waals surface area contributed by atoms with Crippen molar-refractivity contribution in [3.05, 3.63) is 29.9 Å². The Hall–Kier alpha value is -4.09. The number of rotatable bonds is 8. The van der Waals surface area contributed by atoms with Crippen LogP contribution in [0.2, 0.25) is 0 Å². The van der Waals surface area contributed by atoms with Crippen LogP contribution in [0.15, 0.2) is 22.9 Å². The van der Waals surface area contributed by atoms with Crippen molar-refractivity contribution in [3.63, 3.8) is 0 Å². The van der Waals surface area contributed by atoms with E-state index >= 15 is 0 Å². The summed E-state index contributed by atoms with van der Waals surface area (Å²) in [5.74, 6) is 1.40. The number of aryl methyl sites for hydroxylation is 1. The maximum Gasteiger partial charge on any atom is 0.273 e. The molecule has 1 saturated carbocycles. The lowest BCUT2D eigenvalue weighted by atomic mass is 10.2. The van der Waals surface area contributed by atoms with E-state index in [0.29, 0.717) is 41.2 Å². The molecule has 1 fully saturated rings. The lowest BCUT2D eigenvalue weighted by molar-refractivity contribution is -0.116. The Labute approximate surface area is 183 Å². The minimum absolute atomic E-state index is 0.0253. The number of hydrogen-bond acceptors (Lipinski definition) is 10. The minimum Gasteiger partial charge on any atom is -0.492 e. The second kappa shape index (κ2) is 8.96.